The number of urea groups is 1. The molecule has 0 aromatic heterocycles. The molecule has 4 rings (SSSR count). The average Bonchev–Trinajstić information content (AvgIpc) is 3.39. The fourth-order valence-electron chi connectivity index (χ4n) is 3.60. The molecule has 0 saturated carbocycles. The zero-order valence-corrected chi connectivity index (χ0v) is 18.0. The Kier molecular flexibility index (Phi) is 5.81. The number of rotatable bonds is 7. The van der Waals surface area contributed by atoms with E-state index >= 15 is 0 Å². The fraction of sp³-hybridized carbons (Fsp3) is 0.381. The topological polar surface area (TPSA) is 105 Å². The second kappa shape index (κ2) is 8.54. The summed E-state index contributed by atoms with van der Waals surface area (Å²) in [5.41, 5.74) is 1.06. The molecule has 31 heavy (non-hydrogen) atoms. The third-order valence-electron chi connectivity index (χ3n) is 5.19. The highest BCUT2D eigenvalue weighted by molar-refractivity contribution is 8.04. The molecule has 0 spiro atoms. The van der Waals surface area contributed by atoms with Gasteiger partial charge in [-0.15, -0.1) is 11.8 Å². The van der Waals surface area contributed by atoms with E-state index in [4.69, 9.17) is 9.47 Å². The molecule has 0 bridgehead atoms. The molecule has 0 aliphatic carbocycles. The van der Waals surface area contributed by atoms with E-state index in [1.807, 2.05) is 6.92 Å². The van der Waals surface area contributed by atoms with Crippen LogP contribution in [0.5, 0.6) is 11.5 Å². The minimum atomic E-state index is -0.527. The van der Waals surface area contributed by atoms with E-state index in [1.54, 1.807) is 11.5 Å². The minimum Gasteiger partial charge on any atom is -0.454 e. The smallest absolute Gasteiger partial charge is 0.454 e. The van der Waals surface area contributed by atoms with Crippen LogP contribution >= 0.6 is 11.8 Å². The number of carbonyl (C=O) groups excluding carboxylic acids is 4. The number of fused-ring (bicyclic) bond motifs is 2. The van der Waals surface area contributed by atoms with E-state index in [2.05, 4.69) is 5.32 Å². The lowest BCUT2D eigenvalue weighted by Crippen LogP contribution is -2.56. The largest absolute Gasteiger partial charge is 0.501 e. The van der Waals surface area contributed by atoms with E-state index in [1.165, 1.54) is 40.3 Å². The van der Waals surface area contributed by atoms with Gasteiger partial charge in [0.15, 0.2) is 29.1 Å². The Hall–Kier alpha value is -3.14. The number of nitrogens with one attached hydrogen (secondary N) is 1. The van der Waals surface area contributed by atoms with Crippen LogP contribution in [-0.4, -0.2) is 63.9 Å². The number of nitrogens with zero attached hydrogens (tertiary/aromatic N) is 2. The van der Waals surface area contributed by atoms with E-state index in [0.29, 0.717) is 30.2 Å². The highest BCUT2D eigenvalue weighted by Gasteiger charge is 2.49. The van der Waals surface area contributed by atoms with E-state index < -0.39 is 17.2 Å². The quantitative estimate of drug-likeness (QED) is 0.509. The van der Waals surface area contributed by atoms with Crippen molar-refractivity contribution in [3.05, 3.63) is 29.2 Å². The summed E-state index contributed by atoms with van der Waals surface area (Å²) >= 11 is 1.32. The Morgan fingerprint density at radius 3 is 2.71 bits per heavy atom. The minimum absolute atomic E-state index is 0.0394. The fourth-order valence-corrected chi connectivity index (χ4v) is 4.57. The van der Waals surface area contributed by atoms with E-state index in [0.717, 1.165) is 6.42 Å². The van der Waals surface area contributed by atoms with Crippen molar-refractivity contribution in [2.75, 3.05) is 25.2 Å². The van der Waals surface area contributed by atoms with Gasteiger partial charge in [0.2, 0.25) is 6.79 Å². The molecule has 0 saturated heterocycles. The maximum absolute atomic E-state index is 13.0. The van der Waals surface area contributed by atoms with Crippen LogP contribution in [0.4, 0.5) is 10.5 Å². The first-order chi connectivity index (χ1) is 14.9. The van der Waals surface area contributed by atoms with Crippen molar-refractivity contribution < 1.29 is 33.2 Å². The standard InChI is InChI=1S/C21H21N3O6S/c1-3-4-6-23-20(27)19-15(5-7-31-19)24(21(23)28)10-18(26)22-14-9-17-16(29-11-30-17)8-13(14)12(2)25/h5,7-9,19H,3-4,6,10-11H2,1-2H3/p+1. The second-order valence-corrected chi connectivity index (χ2v) is 8.33. The first-order valence-electron chi connectivity index (χ1n) is 9.97. The summed E-state index contributed by atoms with van der Waals surface area (Å²) in [6, 6.07) is 2.55. The van der Waals surface area contributed by atoms with Gasteiger partial charge in [0.25, 0.3) is 5.91 Å². The van der Waals surface area contributed by atoms with Crippen LogP contribution in [0.25, 0.3) is 0 Å². The number of thioether (sulfide) groups is 1. The van der Waals surface area contributed by atoms with Crippen LogP contribution in [0.1, 0.15) is 37.0 Å². The first kappa shape index (κ1) is 21.1. The van der Waals surface area contributed by atoms with Crippen LogP contribution in [0.2, 0.25) is 0 Å². The molecule has 3 aliphatic heterocycles. The maximum atomic E-state index is 13.0. The molecule has 9 nitrogen and oxygen atoms in total. The predicted octanol–water partition coefficient (Wildman–Crippen LogP) is 2.40. The number of hydrogen-bond acceptors (Lipinski definition) is 7. The SMILES string of the molecule is CCCCN1C(=O)C2SC=CC2=[N+](CC(=O)Nc2cc3c(cc2C(C)=O)OCO3)C1=O. The summed E-state index contributed by atoms with van der Waals surface area (Å²) in [6.07, 6.45) is 3.22. The summed E-state index contributed by atoms with van der Waals surface area (Å²) in [6.45, 7) is 3.44. The molecular formula is C21H22N3O6S+. The molecule has 3 aliphatic rings. The van der Waals surface area contributed by atoms with Crippen LogP contribution in [0.15, 0.2) is 23.6 Å². The highest BCUT2D eigenvalue weighted by Crippen LogP contribution is 2.37. The van der Waals surface area contributed by atoms with Crippen molar-refractivity contribution in [3.8, 4) is 11.5 Å². The predicted molar refractivity (Wildman–Crippen MR) is 114 cm³/mol. The monoisotopic (exact) mass is 444 g/mol. The maximum Gasteiger partial charge on any atom is 0.501 e. The molecule has 162 valence electrons. The second-order valence-electron chi connectivity index (χ2n) is 7.31. The Bertz CT molecular complexity index is 1050. The number of anilines is 1. The molecule has 1 atom stereocenters. The molecule has 1 aromatic rings. The molecule has 0 fully saturated rings. The number of benzene rings is 1. The first-order valence-corrected chi connectivity index (χ1v) is 10.9. The Morgan fingerprint density at radius 1 is 1.26 bits per heavy atom. The van der Waals surface area contributed by atoms with Crippen molar-refractivity contribution in [3.63, 3.8) is 0 Å². The third kappa shape index (κ3) is 3.95. The zero-order chi connectivity index (χ0) is 22.1. The summed E-state index contributed by atoms with van der Waals surface area (Å²) < 4.78 is 12.0. The molecule has 3 heterocycles. The summed E-state index contributed by atoms with van der Waals surface area (Å²) in [7, 11) is 0. The summed E-state index contributed by atoms with van der Waals surface area (Å²) in [5, 5.41) is 3.93. The number of unbranched alkanes of at least 4 members (excludes halogenated alkanes) is 1. The summed E-state index contributed by atoms with van der Waals surface area (Å²) in [5.74, 6) is -0.129. The van der Waals surface area contributed by atoms with Gasteiger partial charge < -0.3 is 14.8 Å². The lowest BCUT2D eigenvalue weighted by atomic mass is 10.1. The molecule has 1 aromatic carbocycles. The number of ketones is 1. The lowest BCUT2D eigenvalue weighted by molar-refractivity contribution is -0.425. The highest BCUT2D eigenvalue weighted by atomic mass is 32.2. The number of imide groups is 1. The van der Waals surface area contributed by atoms with E-state index in [9.17, 15) is 19.2 Å². The van der Waals surface area contributed by atoms with Gasteiger partial charge in [-0.1, -0.05) is 13.3 Å². The normalized spacial score (nSPS) is 19.2. The van der Waals surface area contributed by atoms with Gasteiger partial charge in [-0.05, 0) is 30.9 Å². The van der Waals surface area contributed by atoms with Gasteiger partial charge in [0.05, 0.1) is 12.2 Å². The van der Waals surface area contributed by atoms with Gasteiger partial charge in [0, 0.05) is 11.6 Å². The van der Waals surface area contributed by atoms with Crippen molar-refractivity contribution in [2.24, 2.45) is 0 Å². The molecule has 0 radical (unpaired) electrons. The van der Waals surface area contributed by atoms with Crippen molar-refractivity contribution in [2.45, 2.75) is 31.9 Å². The van der Waals surface area contributed by atoms with E-state index in [-0.39, 0.29) is 36.3 Å². The lowest BCUT2D eigenvalue weighted by Gasteiger charge is -2.24. The Balaban J connectivity index is 1.59. The van der Waals surface area contributed by atoms with Crippen LogP contribution in [-0.2, 0) is 9.59 Å². The van der Waals surface area contributed by atoms with Gasteiger partial charge in [-0.3, -0.25) is 9.59 Å². The Morgan fingerprint density at radius 2 is 2.00 bits per heavy atom. The number of ether oxygens (including phenoxy) is 2. The van der Waals surface area contributed by atoms with Crippen LogP contribution < -0.4 is 14.8 Å². The molecule has 1 unspecified atom stereocenters. The van der Waals surface area contributed by atoms with Gasteiger partial charge >= 0.3 is 11.9 Å². The van der Waals surface area contributed by atoms with Crippen LogP contribution in [0.3, 0.4) is 0 Å². The van der Waals surface area contributed by atoms with Crippen molar-refractivity contribution in [1.29, 1.82) is 0 Å². The van der Waals surface area contributed by atoms with Gasteiger partial charge in [-0.25, -0.2) is 4.79 Å². The number of allylic oxidation sites excluding steroid dienone is 1. The average molecular weight is 444 g/mol. The van der Waals surface area contributed by atoms with Crippen molar-refractivity contribution >= 4 is 46.8 Å². The molecular weight excluding hydrogens is 422 g/mol. The Labute approximate surface area is 183 Å². The third-order valence-corrected chi connectivity index (χ3v) is 6.20. The van der Waals surface area contributed by atoms with Crippen LogP contribution in [0, 0.1) is 0 Å². The molecule has 1 N–H and O–H groups in total. The summed E-state index contributed by atoms with van der Waals surface area (Å²) in [4.78, 5) is 51.8. The molecule has 10 heteroatoms. The number of carbonyl (C=O) groups is 4. The molecule has 4 amide bonds. The zero-order valence-electron chi connectivity index (χ0n) is 17.2. The number of hydrogen-bond donors (Lipinski definition) is 1. The number of Topliss-reactive ketones (excluding diaryl/α,β-unsaturated/α-hetero) is 1. The van der Waals surface area contributed by atoms with Gasteiger partial charge in [0.1, 0.15) is 5.71 Å². The van der Waals surface area contributed by atoms with Crippen molar-refractivity contribution in [1.82, 2.24) is 4.90 Å². The number of amides is 4. The van der Waals surface area contributed by atoms with Gasteiger partial charge in [-0.2, -0.15) is 14.3 Å².